The zero-order valence-electron chi connectivity index (χ0n) is 9.65. The molecule has 0 aliphatic carbocycles. The van der Waals surface area contributed by atoms with E-state index >= 15 is 0 Å². The molecule has 0 radical (unpaired) electrons. The molecule has 1 fully saturated rings. The maximum atomic E-state index is 12.5. The molecule has 0 bridgehead atoms. The molecule has 1 atom stereocenters. The minimum Gasteiger partial charge on any atom is -0.339 e. The van der Waals surface area contributed by atoms with Crippen LogP contribution in [0.1, 0.15) is 33.1 Å². The molecule has 0 spiro atoms. The van der Waals surface area contributed by atoms with Crippen LogP contribution >= 0.6 is 0 Å². The van der Waals surface area contributed by atoms with E-state index in [1.807, 2.05) is 13.8 Å². The van der Waals surface area contributed by atoms with E-state index < -0.39 is 16.0 Å². The van der Waals surface area contributed by atoms with Crippen LogP contribution in [0.4, 0.5) is 3.89 Å². The minimum atomic E-state index is -4.47. The molecule has 1 heterocycles. The third-order valence-electron chi connectivity index (χ3n) is 3.06. The average Bonchev–Trinajstić information content (AvgIpc) is 2.46. The molecular weight excluding hydrogens is 233 g/mol. The fourth-order valence-electron chi connectivity index (χ4n) is 2.28. The van der Waals surface area contributed by atoms with Crippen molar-refractivity contribution in [3.8, 4) is 0 Å². The molecule has 4 nitrogen and oxygen atoms in total. The Bertz CT molecular complexity index is 351. The van der Waals surface area contributed by atoms with Crippen LogP contribution in [0.2, 0.25) is 0 Å². The van der Waals surface area contributed by atoms with Crippen molar-refractivity contribution in [2.24, 2.45) is 5.92 Å². The van der Waals surface area contributed by atoms with Gasteiger partial charge in [-0.15, -0.1) is 3.89 Å². The lowest BCUT2D eigenvalue weighted by molar-refractivity contribution is -0.129. The van der Waals surface area contributed by atoms with Gasteiger partial charge in [0.2, 0.25) is 5.91 Å². The molecule has 0 saturated carbocycles. The third kappa shape index (κ3) is 3.43. The fourth-order valence-corrected chi connectivity index (χ4v) is 3.07. The zero-order chi connectivity index (χ0) is 12.3. The fraction of sp³-hybridized carbons (Fsp3) is 0.900. The Morgan fingerprint density at radius 3 is 2.44 bits per heavy atom. The molecular formula is C10H18FNO3S. The van der Waals surface area contributed by atoms with Crippen molar-refractivity contribution in [1.29, 1.82) is 0 Å². The van der Waals surface area contributed by atoms with Gasteiger partial charge in [-0.3, -0.25) is 4.79 Å². The van der Waals surface area contributed by atoms with Crippen molar-refractivity contribution in [2.45, 2.75) is 39.2 Å². The predicted octanol–water partition coefficient (Wildman–Crippen LogP) is 1.32. The number of hydrogen-bond donors (Lipinski definition) is 0. The van der Waals surface area contributed by atoms with Crippen molar-refractivity contribution in [3.63, 3.8) is 0 Å². The van der Waals surface area contributed by atoms with Crippen molar-refractivity contribution < 1.29 is 17.1 Å². The molecule has 1 rings (SSSR count). The van der Waals surface area contributed by atoms with Gasteiger partial charge in [0.1, 0.15) is 0 Å². The standard InChI is InChI=1S/C10H18FNO3S/c1-3-9(4-2)12-6-8(5-10(12)13)7-16(11,14)15/h8-9H,3-7H2,1-2H3. The van der Waals surface area contributed by atoms with Crippen LogP contribution in [-0.2, 0) is 15.0 Å². The quantitative estimate of drug-likeness (QED) is 0.692. The first-order chi connectivity index (χ1) is 7.37. The van der Waals surface area contributed by atoms with E-state index in [9.17, 15) is 17.1 Å². The highest BCUT2D eigenvalue weighted by molar-refractivity contribution is 7.86. The lowest BCUT2D eigenvalue weighted by Gasteiger charge is -2.26. The molecule has 0 N–H and O–H groups in total. The largest absolute Gasteiger partial charge is 0.339 e. The SMILES string of the molecule is CCC(CC)N1CC(CS(=O)(=O)F)CC1=O. The van der Waals surface area contributed by atoms with Crippen LogP contribution in [0, 0.1) is 5.92 Å². The number of nitrogens with zero attached hydrogens (tertiary/aromatic N) is 1. The molecule has 0 aromatic carbocycles. The zero-order valence-corrected chi connectivity index (χ0v) is 10.5. The van der Waals surface area contributed by atoms with E-state index in [1.54, 1.807) is 4.90 Å². The van der Waals surface area contributed by atoms with Crippen LogP contribution in [0.5, 0.6) is 0 Å². The first kappa shape index (κ1) is 13.4. The van der Waals surface area contributed by atoms with E-state index in [0.717, 1.165) is 12.8 Å². The van der Waals surface area contributed by atoms with Gasteiger partial charge in [0.15, 0.2) is 0 Å². The molecule has 1 unspecified atom stereocenters. The summed E-state index contributed by atoms with van der Waals surface area (Å²) in [6.45, 7) is 4.34. The summed E-state index contributed by atoms with van der Waals surface area (Å²) in [5.74, 6) is -0.972. The van der Waals surface area contributed by atoms with Crippen molar-refractivity contribution in [3.05, 3.63) is 0 Å². The Labute approximate surface area is 96.0 Å². The Hall–Kier alpha value is -0.650. The summed E-state index contributed by atoms with van der Waals surface area (Å²) in [6, 6.07) is 0.153. The summed E-state index contributed by atoms with van der Waals surface area (Å²) in [5.41, 5.74) is 0. The lowest BCUT2D eigenvalue weighted by atomic mass is 10.1. The van der Waals surface area contributed by atoms with Gasteiger partial charge in [0.25, 0.3) is 0 Å². The highest BCUT2D eigenvalue weighted by atomic mass is 32.3. The second-order valence-electron chi connectivity index (χ2n) is 4.29. The number of hydrogen-bond acceptors (Lipinski definition) is 3. The number of carbonyl (C=O) groups is 1. The van der Waals surface area contributed by atoms with Gasteiger partial charge < -0.3 is 4.90 Å². The lowest BCUT2D eigenvalue weighted by Crippen LogP contribution is -2.36. The number of halogens is 1. The molecule has 16 heavy (non-hydrogen) atoms. The summed E-state index contributed by atoms with van der Waals surface area (Å²) in [5, 5.41) is 0. The van der Waals surface area contributed by atoms with Crippen LogP contribution in [-0.4, -0.2) is 37.6 Å². The van der Waals surface area contributed by atoms with E-state index in [0.29, 0.717) is 6.54 Å². The first-order valence-electron chi connectivity index (χ1n) is 5.59. The molecule has 6 heteroatoms. The topological polar surface area (TPSA) is 54.5 Å². The number of carbonyl (C=O) groups excluding carboxylic acids is 1. The third-order valence-corrected chi connectivity index (χ3v) is 3.93. The summed E-state index contributed by atoms with van der Waals surface area (Å²) in [4.78, 5) is 13.3. The molecule has 0 aromatic rings. The summed E-state index contributed by atoms with van der Waals surface area (Å²) in [7, 11) is -4.47. The second-order valence-corrected chi connectivity index (χ2v) is 5.70. The first-order valence-corrected chi connectivity index (χ1v) is 7.14. The number of likely N-dealkylation sites (tertiary alicyclic amines) is 1. The van der Waals surface area contributed by atoms with E-state index in [4.69, 9.17) is 0 Å². The van der Waals surface area contributed by atoms with Crippen molar-refractivity contribution in [1.82, 2.24) is 4.90 Å². The maximum absolute atomic E-state index is 12.5. The normalized spacial score (nSPS) is 22.1. The van der Waals surface area contributed by atoms with E-state index in [2.05, 4.69) is 0 Å². The Morgan fingerprint density at radius 1 is 1.44 bits per heavy atom. The van der Waals surface area contributed by atoms with Crippen LogP contribution in [0.25, 0.3) is 0 Å². The predicted molar refractivity (Wildman–Crippen MR) is 59.1 cm³/mol. The number of rotatable bonds is 5. The maximum Gasteiger partial charge on any atom is 0.302 e. The van der Waals surface area contributed by atoms with Gasteiger partial charge in [-0.2, -0.15) is 8.42 Å². The van der Waals surface area contributed by atoms with E-state index in [1.165, 1.54) is 0 Å². The Kier molecular flexibility index (Phi) is 4.29. The molecule has 1 aliphatic heterocycles. The second kappa shape index (κ2) is 5.12. The van der Waals surface area contributed by atoms with Crippen LogP contribution in [0.15, 0.2) is 0 Å². The van der Waals surface area contributed by atoms with Crippen LogP contribution < -0.4 is 0 Å². The van der Waals surface area contributed by atoms with E-state index in [-0.39, 0.29) is 24.3 Å². The molecule has 0 aromatic heterocycles. The van der Waals surface area contributed by atoms with Gasteiger partial charge in [0.05, 0.1) is 5.75 Å². The minimum absolute atomic E-state index is 0.0534. The van der Waals surface area contributed by atoms with Gasteiger partial charge >= 0.3 is 10.2 Å². The van der Waals surface area contributed by atoms with Gasteiger partial charge in [-0.1, -0.05) is 13.8 Å². The summed E-state index contributed by atoms with van der Waals surface area (Å²) >= 11 is 0. The van der Waals surface area contributed by atoms with Gasteiger partial charge in [-0.25, -0.2) is 0 Å². The average molecular weight is 251 g/mol. The summed E-state index contributed by atoms with van der Waals surface area (Å²) < 4.78 is 33.5. The Morgan fingerprint density at radius 2 is 2.00 bits per heavy atom. The Balaban J connectivity index is 2.63. The van der Waals surface area contributed by atoms with Crippen LogP contribution in [0.3, 0.4) is 0 Å². The smallest absolute Gasteiger partial charge is 0.302 e. The van der Waals surface area contributed by atoms with Crippen molar-refractivity contribution in [2.75, 3.05) is 12.3 Å². The molecule has 1 aliphatic rings. The number of amides is 1. The molecule has 1 amide bonds. The van der Waals surface area contributed by atoms with Gasteiger partial charge in [0, 0.05) is 24.9 Å². The molecule has 94 valence electrons. The summed E-state index contributed by atoms with van der Waals surface area (Å²) in [6.07, 6.45) is 1.84. The monoisotopic (exact) mass is 251 g/mol. The highest BCUT2D eigenvalue weighted by Gasteiger charge is 2.35. The molecule has 1 saturated heterocycles. The van der Waals surface area contributed by atoms with Crippen molar-refractivity contribution >= 4 is 16.1 Å². The highest BCUT2D eigenvalue weighted by Crippen LogP contribution is 2.24. The van der Waals surface area contributed by atoms with Gasteiger partial charge in [-0.05, 0) is 12.8 Å².